The van der Waals surface area contributed by atoms with Gasteiger partial charge in [-0.3, -0.25) is 9.48 Å². The minimum absolute atomic E-state index is 0.0244. The maximum Gasteiger partial charge on any atom is 0.273 e. The Labute approximate surface area is 117 Å². The molecule has 20 heavy (non-hydrogen) atoms. The van der Waals surface area contributed by atoms with Gasteiger partial charge in [0.15, 0.2) is 0 Å². The first-order valence-electron chi connectivity index (χ1n) is 6.20. The van der Waals surface area contributed by atoms with E-state index in [1.165, 1.54) is 4.68 Å². The molecule has 0 spiro atoms. The summed E-state index contributed by atoms with van der Waals surface area (Å²) < 4.78 is 1.51. The van der Waals surface area contributed by atoms with Crippen LogP contribution in [0.5, 0.6) is 0 Å². The number of aromatic nitrogens is 2. The first-order valence-corrected chi connectivity index (χ1v) is 6.20. The molecule has 5 heteroatoms. The summed E-state index contributed by atoms with van der Waals surface area (Å²) in [6, 6.07) is 8.94. The van der Waals surface area contributed by atoms with Crippen molar-refractivity contribution in [1.82, 2.24) is 9.78 Å². The van der Waals surface area contributed by atoms with E-state index in [0.717, 1.165) is 5.56 Å². The monoisotopic (exact) mass is 269 g/mol. The number of aliphatic hydroxyl groups is 1. The Morgan fingerprint density at radius 3 is 2.90 bits per heavy atom. The summed E-state index contributed by atoms with van der Waals surface area (Å²) in [5.74, 6) is 5.54. The molecule has 2 aromatic rings. The number of benzene rings is 1. The van der Waals surface area contributed by atoms with Crippen LogP contribution < -0.4 is 5.32 Å². The van der Waals surface area contributed by atoms with Crippen LogP contribution >= 0.6 is 0 Å². The van der Waals surface area contributed by atoms with Gasteiger partial charge in [-0.15, -0.1) is 0 Å². The molecule has 0 radical (unpaired) electrons. The molecule has 1 aromatic carbocycles. The molecule has 0 bridgehead atoms. The van der Waals surface area contributed by atoms with Gasteiger partial charge in [-0.1, -0.05) is 24.0 Å². The van der Waals surface area contributed by atoms with Crippen LogP contribution in [-0.2, 0) is 7.05 Å². The van der Waals surface area contributed by atoms with Crippen molar-refractivity contribution >= 4 is 11.6 Å². The summed E-state index contributed by atoms with van der Waals surface area (Å²) in [5.41, 5.74) is 1.84. The van der Waals surface area contributed by atoms with Crippen molar-refractivity contribution in [2.45, 2.75) is 6.42 Å². The SMILES string of the molecule is Cn1nccc1C(=O)Nc1ccccc1C#CCCO. The largest absolute Gasteiger partial charge is 0.395 e. The van der Waals surface area contributed by atoms with Crippen LogP contribution in [0.1, 0.15) is 22.5 Å². The number of amides is 1. The highest BCUT2D eigenvalue weighted by atomic mass is 16.2. The van der Waals surface area contributed by atoms with E-state index < -0.39 is 0 Å². The van der Waals surface area contributed by atoms with Gasteiger partial charge in [0.1, 0.15) is 5.69 Å². The molecular weight excluding hydrogens is 254 g/mol. The van der Waals surface area contributed by atoms with Crippen molar-refractivity contribution < 1.29 is 9.90 Å². The maximum atomic E-state index is 12.1. The molecule has 0 aliphatic carbocycles. The van der Waals surface area contributed by atoms with Gasteiger partial charge in [0.25, 0.3) is 5.91 Å². The predicted molar refractivity (Wildman–Crippen MR) is 76.2 cm³/mol. The van der Waals surface area contributed by atoms with E-state index in [2.05, 4.69) is 22.3 Å². The fraction of sp³-hybridized carbons (Fsp3) is 0.200. The molecule has 0 saturated heterocycles. The van der Waals surface area contributed by atoms with Crippen LogP contribution in [0.25, 0.3) is 0 Å². The van der Waals surface area contributed by atoms with Gasteiger partial charge in [0.2, 0.25) is 0 Å². The summed E-state index contributed by atoms with van der Waals surface area (Å²) in [4.78, 5) is 12.1. The van der Waals surface area contributed by atoms with Gasteiger partial charge >= 0.3 is 0 Å². The number of hydrogen-bond donors (Lipinski definition) is 2. The van der Waals surface area contributed by atoms with Gasteiger partial charge < -0.3 is 10.4 Å². The highest BCUT2D eigenvalue weighted by molar-refractivity contribution is 6.03. The fourth-order valence-corrected chi connectivity index (χ4v) is 1.70. The van der Waals surface area contributed by atoms with Crippen LogP contribution in [-0.4, -0.2) is 27.4 Å². The van der Waals surface area contributed by atoms with Gasteiger partial charge in [0.05, 0.1) is 12.3 Å². The zero-order valence-corrected chi connectivity index (χ0v) is 11.1. The standard InChI is InChI=1S/C15H15N3O2/c1-18-14(9-10-16-18)15(20)17-13-8-3-2-6-12(13)7-4-5-11-19/h2-3,6,8-10,19H,5,11H2,1H3,(H,17,20). The number of carbonyl (C=O) groups is 1. The van der Waals surface area contributed by atoms with Gasteiger partial charge in [-0.05, 0) is 18.2 Å². The second kappa shape index (κ2) is 6.55. The molecule has 1 heterocycles. The maximum absolute atomic E-state index is 12.1. The lowest BCUT2D eigenvalue weighted by atomic mass is 10.1. The average molecular weight is 269 g/mol. The highest BCUT2D eigenvalue weighted by Crippen LogP contribution is 2.15. The molecule has 1 aromatic heterocycles. The normalized spacial score (nSPS) is 9.70. The van der Waals surface area contributed by atoms with Crippen LogP contribution in [0, 0.1) is 11.8 Å². The summed E-state index contributed by atoms with van der Waals surface area (Å²) in [6.45, 7) is 0.0244. The molecule has 2 rings (SSSR count). The van der Waals surface area contributed by atoms with Gasteiger partial charge in [0, 0.05) is 25.2 Å². The molecular formula is C15H15N3O2. The minimum atomic E-state index is -0.235. The van der Waals surface area contributed by atoms with E-state index >= 15 is 0 Å². The second-order valence-corrected chi connectivity index (χ2v) is 4.12. The van der Waals surface area contributed by atoms with Crippen molar-refractivity contribution in [3.8, 4) is 11.8 Å². The molecule has 5 nitrogen and oxygen atoms in total. The third-order valence-electron chi connectivity index (χ3n) is 2.69. The van der Waals surface area contributed by atoms with Crippen LogP contribution in [0.2, 0.25) is 0 Å². The lowest BCUT2D eigenvalue weighted by Crippen LogP contribution is -2.16. The molecule has 0 unspecified atom stereocenters. The van der Waals surface area contributed by atoms with Crippen LogP contribution in [0.15, 0.2) is 36.5 Å². The average Bonchev–Trinajstić information content (AvgIpc) is 2.87. The van der Waals surface area contributed by atoms with E-state index in [0.29, 0.717) is 17.8 Å². The van der Waals surface area contributed by atoms with Crippen molar-refractivity contribution in [1.29, 1.82) is 0 Å². The molecule has 0 aliphatic heterocycles. The van der Waals surface area contributed by atoms with E-state index in [1.807, 2.05) is 18.2 Å². The van der Waals surface area contributed by atoms with Crippen molar-refractivity contribution in [3.05, 3.63) is 47.8 Å². The summed E-state index contributed by atoms with van der Waals surface area (Å²) >= 11 is 0. The van der Waals surface area contributed by atoms with Crippen LogP contribution in [0.4, 0.5) is 5.69 Å². The van der Waals surface area contributed by atoms with Crippen molar-refractivity contribution in [2.24, 2.45) is 7.05 Å². The zero-order chi connectivity index (χ0) is 14.4. The van der Waals surface area contributed by atoms with Gasteiger partial charge in [-0.25, -0.2) is 0 Å². The predicted octanol–water partition coefficient (Wildman–Crippen LogP) is 1.41. The lowest BCUT2D eigenvalue weighted by molar-refractivity contribution is 0.101. The second-order valence-electron chi connectivity index (χ2n) is 4.12. The quantitative estimate of drug-likeness (QED) is 0.828. The highest BCUT2D eigenvalue weighted by Gasteiger charge is 2.11. The summed E-state index contributed by atoms with van der Waals surface area (Å²) in [6.07, 6.45) is 1.98. The summed E-state index contributed by atoms with van der Waals surface area (Å²) in [7, 11) is 1.71. The number of aryl methyl sites for hydroxylation is 1. The van der Waals surface area contributed by atoms with Gasteiger partial charge in [-0.2, -0.15) is 5.10 Å². The smallest absolute Gasteiger partial charge is 0.273 e. The first kappa shape index (κ1) is 13.8. The zero-order valence-electron chi connectivity index (χ0n) is 11.1. The number of nitrogens with one attached hydrogen (secondary N) is 1. The number of rotatable bonds is 3. The number of nitrogens with zero attached hydrogens (tertiary/aromatic N) is 2. The minimum Gasteiger partial charge on any atom is -0.395 e. The number of para-hydroxylation sites is 1. The Bertz CT molecular complexity index is 665. The van der Waals surface area contributed by atoms with Crippen molar-refractivity contribution in [2.75, 3.05) is 11.9 Å². The Hall–Kier alpha value is -2.58. The Kier molecular flexibility index (Phi) is 4.53. The van der Waals surface area contributed by atoms with E-state index in [4.69, 9.17) is 5.11 Å². The molecule has 2 N–H and O–H groups in total. The third kappa shape index (κ3) is 3.25. The molecule has 0 fully saturated rings. The number of hydrogen-bond acceptors (Lipinski definition) is 3. The Morgan fingerprint density at radius 1 is 1.40 bits per heavy atom. The fourth-order valence-electron chi connectivity index (χ4n) is 1.70. The van der Waals surface area contributed by atoms with Crippen LogP contribution in [0.3, 0.4) is 0 Å². The van der Waals surface area contributed by atoms with Crippen molar-refractivity contribution in [3.63, 3.8) is 0 Å². The number of aliphatic hydroxyl groups excluding tert-OH is 1. The summed E-state index contributed by atoms with van der Waals surface area (Å²) in [5, 5.41) is 15.5. The Morgan fingerprint density at radius 2 is 2.20 bits per heavy atom. The lowest BCUT2D eigenvalue weighted by Gasteiger charge is -2.07. The number of anilines is 1. The topological polar surface area (TPSA) is 67.2 Å². The Balaban J connectivity index is 2.20. The molecule has 0 saturated carbocycles. The molecule has 0 aliphatic rings. The molecule has 0 atom stereocenters. The molecule has 1 amide bonds. The first-order chi connectivity index (χ1) is 9.72. The van der Waals surface area contributed by atoms with E-state index in [9.17, 15) is 4.79 Å². The van der Waals surface area contributed by atoms with E-state index in [-0.39, 0.29) is 12.5 Å². The van der Waals surface area contributed by atoms with E-state index in [1.54, 1.807) is 25.4 Å². The molecule has 102 valence electrons. The number of carbonyl (C=O) groups excluding carboxylic acids is 1. The third-order valence-corrected chi connectivity index (χ3v) is 2.69.